The van der Waals surface area contributed by atoms with Crippen molar-refractivity contribution in [1.29, 1.82) is 0 Å². The Bertz CT molecular complexity index is 912. The van der Waals surface area contributed by atoms with E-state index in [4.69, 9.17) is 14.6 Å². The van der Waals surface area contributed by atoms with Crippen molar-refractivity contribution < 1.29 is 32.6 Å². The number of aliphatic carboxylic acids is 1. The molecule has 4 rings (SSSR count). The highest BCUT2D eigenvalue weighted by Crippen LogP contribution is 2.42. The summed E-state index contributed by atoms with van der Waals surface area (Å²) in [5, 5.41) is 17.3. The van der Waals surface area contributed by atoms with Gasteiger partial charge in [-0.15, -0.1) is 11.3 Å². The van der Waals surface area contributed by atoms with Gasteiger partial charge in [-0.25, -0.2) is 9.78 Å². The molecule has 0 radical (unpaired) electrons. The van der Waals surface area contributed by atoms with Crippen molar-refractivity contribution in [3.63, 3.8) is 0 Å². The minimum Gasteiger partial charge on any atom is -0.475 e. The predicted octanol–water partition coefficient (Wildman–Crippen LogP) is 1.92. The lowest BCUT2D eigenvalue weighted by molar-refractivity contribution is -0.192. The van der Waals surface area contributed by atoms with E-state index in [1.165, 1.54) is 0 Å². The maximum atomic E-state index is 12.2. The summed E-state index contributed by atoms with van der Waals surface area (Å²) in [7, 11) is 1.78. The van der Waals surface area contributed by atoms with Crippen LogP contribution in [0.1, 0.15) is 28.3 Å². The largest absolute Gasteiger partial charge is 0.490 e. The second-order valence-electron chi connectivity index (χ2n) is 7.66. The van der Waals surface area contributed by atoms with E-state index in [1.807, 2.05) is 11.6 Å². The molecular weight excluding hydrogens is 451 g/mol. The van der Waals surface area contributed by atoms with Gasteiger partial charge >= 0.3 is 12.1 Å². The Labute approximate surface area is 186 Å². The number of amides is 1. The van der Waals surface area contributed by atoms with Crippen molar-refractivity contribution in [2.45, 2.75) is 31.2 Å². The summed E-state index contributed by atoms with van der Waals surface area (Å²) in [4.78, 5) is 27.8. The Morgan fingerprint density at radius 3 is 2.66 bits per heavy atom. The molecule has 4 heterocycles. The molecule has 0 saturated carbocycles. The summed E-state index contributed by atoms with van der Waals surface area (Å²) in [5.41, 5.74) is 0.574. The van der Waals surface area contributed by atoms with Crippen LogP contribution in [-0.4, -0.2) is 74.7 Å². The van der Waals surface area contributed by atoms with Gasteiger partial charge in [0.25, 0.3) is 5.91 Å². The number of ether oxygens (including phenoxy) is 1. The fourth-order valence-electron chi connectivity index (χ4n) is 3.93. The summed E-state index contributed by atoms with van der Waals surface area (Å²) in [6.45, 7) is 4.34. The molecular formula is C19H24F3N5O4S. The molecule has 2 aliphatic heterocycles. The van der Waals surface area contributed by atoms with Crippen LogP contribution in [0, 0.1) is 5.92 Å². The summed E-state index contributed by atoms with van der Waals surface area (Å²) in [6, 6.07) is 1.73. The van der Waals surface area contributed by atoms with Crippen LogP contribution < -0.4 is 5.32 Å². The highest BCUT2D eigenvalue weighted by atomic mass is 32.1. The van der Waals surface area contributed by atoms with Gasteiger partial charge in [0, 0.05) is 51.1 Å². The highest BCUT2D eigenvalue weighted by Gasteiger charge is 2.52. The molecule has 32 heavy (non-hydrogen) atoms. The van der Waals surface area contributed by atoms with Gasteiger partial charge in [0.15, 0.2) is 0 Å². The fourth-order valence-corrected chi connectivity index (χ4v) is 4.59. The number of nitrogens with one attached hydrogen (secondary N) is 1. The first-order valence-corrected chi connectivity index (χ1v) is 10.8. The van der Waals surface area contributed by atoms with E-state index in [0.29, 0.717) is 18.2 Å². The van der Waals surface area contributed by atoms with Crippen LogP contribution in [0.3, 0.4) is 0 Å². The monoisotopic (exact) mass is 475 g/mol. The first-order valence-electron chi connectivity index (χ1n) is 9.92. The maximum Gasteiger partial charge on any atom is 0.490 e. The van der Waals surface area contributed by atoms with E-state index in [1.54, 1.807) is 35.3 Å². The van der Waals surface area contributed by atoms with Crippen LogP contribution in [0.25, 0.3) is 0 Å². The maximum absolute atomic E-state index is 12.2. The van der Waals surface area contributed by atoms with Crippen LogP contribution in [0.15, 0.2) is 23.8 Å². The molecule has 0 aromatic carbocycles. The van der Waals surface area contributed by atoms with Gasteiger partial charge in [0.05, 0.1) is 12.1 Å². The average molecular weight is 475 g/mol. The number of rotatable bonds is 6. The Balaban J connectivity index is 0.000000360. The molecule has 1 atom stereocenters. The predicted molar refractivity (Wildman–Crippen MR) is 108 cm³/mol. The molecule has 0 aliphatic carbocycles. The minimum atomic E-state index is -5.08. The number of likely N-dealkylation sites (tertiary alicyclic amines) is 1. The van der Waals surface area contributed by atoms with Crippen molar-refractivity contribution in [3.8, 4) is 0 Å². The number of alkyl halides is 3. The van der Waals surface area contributed by atoms with Crippen molar-refractivity contribution in [1.82, 2.24) is 25.0 Å². The molecule has 176 valence electrons. The number of carbonyl (C=O) groups is 2. The molecule has 2 aromatic heterocycles. The second kappa shape index (κ2) is 9.96. The van der Waals surface area contributed by atoms with Gasteiger partial charge in [-0.1, -0.05) is 0 Å². The van der Waals surface area contributed by atoms with Crippen LogP contribution in [0.4, 0.5) is 13.2 Å². The number of thiazole rings is 1. The molecule has 2 N–H and O–H groups in total. The summed E-state index contributed by atoms with van der Waals surface area (Å²) >= 11 is 1.70. The fraction of sp³-hybridized carbons (Fsp3) is 0.579. The van der Waals surface area contributed by atoms with Crippen molar-refractivity contribution in [2.24, 2.45) is 13.0 Å². The minimum absolute atomic E-state index is 0.0193. The van der Waals surface area contributed by atoms with Gasteiger partial charge in [-0.05, 0) is 24.8 Å². The summed E-state index contributed by atoms with van der Waals surface area (Å²) < 4.78 is 39.4. The number of aryl methyl sites for hydroxylation is 1. The lowest BCUT2D eigenvalue weighted by atomic mass is 9.79. The molecule has 1 unspecified atom stereocenters. The Kier molecular flexibility index (Phi) is 7.51. The van der Waals surface area contributed by atoms with Gasteiger partial charge < -0.3 is 15.2 Å². The topological polar surface area (TPSA) is 110 Å². The zero-order chi connectivity index (χ0) is 23.4. The summed E-state index contributed by atoms with van der Waals surface area (Å²) in [6.07, 6.45) is 0.441. The third-order valence-corrected chi connectivity index (χ3v) is 6.26. The Morgan fingerprint density at radius 2 is 2.09 bits per heavy atom. The zero-order valence-corrected chi connectivity index (χ0v) is 18.2. The molecule has 0 bridgehead atoms. The number of carbonyl (C=O) groups excluding carboxylic acids is 1. The normalized spacial score (nSPS) is 19.8. The van der Waals surface area contributed by atoms with E-state index in [0.717, 1.165) is 44.1 Å². The van der Waals surface area contributed by atoms with Crippen LogP contribution in [0.5, 0.6) is 0 Å². The number of aromatic nitrogens is 3. The Hall–Kier alpha value is -2.51. The lowest BCUT2D eigenvalue weighted by Crippen LogP contribution is -2.64. The molecule has 2 aliphatic rings. The smallest absolute Gasteiger partial charge is 0.475 e. The number of carboxylic acid groups (broad SMARTS) is 1. The number of halogens is 3. The third kappa shape index (κ3) is 5.84. The standard InChI is InChI=1S/C17H23N5O2S.C2HF3O2/c1-21-14(3-6-20-21)16(23)19-5-2-13-4-8-24-17(13)11-22(12-17)10-15-18-7-9-25-15;3-2(4,5)1(6)7/h3,6-7,9,13H,2,4-5,8,10-12H2,1H3,(H,19,23);(H,6,7). The van der Waals surface area contributed by atoms with E-state index in [-0.39, 0.29) is 11.5 Å². The number of hydrogen-bond acceptors (Lipinski definition) is 7. The zero-order valence-electron chi connectivity index (χ0n) is 17.3. The second-order valence-corrected chi connectivity index (χ2v) is 8.64. The molecule has 2 saturated heterocycles. The molecule has 2 aromatic rings. The van der Waals surface area contributed by atoms with Gasteiger partial charge in [0.1, 0.15) is 10.7 Å². The highest BCUT2D eigenvalue weighted by molar-refractivity contribution is 7.09. The van der Waals surface area contributed by atoms with Crippen molar-refractivity contribution in [3.05, 3.63) is 34.5 Å². The quantitative estimate of drug-likeness (QED) is 0.657. The molecule has 13 heteroatoms. The van der Waals surface area contributed by atoms with Gasteiger partial charge in [0.2, 0.25) is 0 Å². The van der Waals surface area contributed by atoms with Gasteiger partial charge in [-0.3, -0.25) is 14.4 Å². The number of nitrogens with zero attached hydrogens (tertiary/aromatic N) is 4. The SMILES string of the molecule is Cn1nccc1C(=O)NCCC1CCOC12CN(Cc1nccs1)C2.O=C(O)C(F)(F)F. The summed E-state index contributed by atoms with van der Waals surface area (Å²) in [5.74, 6) is -2.31. The van der Waals surface area contributed by atoms with Gasteiger partial charge in [-0.2, -0.15) is 18.3 Å². The Morgan fingerprint density at radius 1 is 1.38 bits per heavy atom. The molecule has 1 spiro atoms. The number of carboxylic acids is 1. The van der Waals surface area contributed by atoms with Crippen LogP contribution in [0.2, 0.25) is 0 Å². The first-order chi connectivity index (χ1) is 15.1. The third-order valence-electron chi connectivity index (χ3n) is 5.50. The van der Waals surface area contributed by atoms with Crippen molar-refractivity contribution in [2.75, 3.05) is 26.2 Å². The molecule has 2 fully saturated rings. The first kappa shape index (κ1) is 24.1. The average Bonchev–Trinajstić information content (AvgIpc) is 3.43. The van der Waals surface area contributed by atoms with E-state index in [2.05, 4.69) is 20.3 Å². The molecule has 1 amide bonds. The van der Waals surface area contributed by atoms with Crippen molar-refractivity contribution >= 4 is 23.2 Å². The van der Waals surface area contributed by atoms with Crippen LogP contribution in [-0.2, 0) is 23.1 Å². The lowest BCUT2D eigenvalue weighted by Gasteiger charge is -2.50. The number of hydrogen-bond donors (Lipinski definition) is 2. The van der Waals surface area contributed by atoms with E-state index >= 15 is 0 Å². The van der Waals surface area contributed by atoms with E-state index in [9.17, 15) is 18.0 Å². The van der Waals surface area contributed by atoms with Crippen LogP contribution >= 0.6 is 11.3 Å². The van der Waals surface area contributed by atoms with E-state index < -0.39 is 12.1 Å². The molecule has 9 nitrogen and oxygen atoms in total.